The summed E-state index contributed by atoms with van der Waals surface area (Å²) in [6.07, 6.45) is 67.7. The Hall–Kier alpha value is 0.797. The maximum Gasteiger partial charge on any atom is 0.500 e. The second-order valence-corrected chi connectivity index (χ2v) is 24.3. The smallest absolute Gasteiger partial charge is 0.373 e. The van der Waals surface area contributed by atoms with E-state index in [2.05, 4.69) is 33.4 Å². The van der Waals surface area contributed by atoms with Crippen LogP contribution in [0.4, 0.5) is 0 Å². The van der Waals surface area contributed by atoms with Crippen molar-refractivity contribution < 1.29 is 13.3 Å². The Kier molecular flexibility index (Phi) is 57.1. The van der Waals surface area contributed by atoms with E-state index in [0.717, 1.165) is 57.3 Å². The fourth-order valence-electron chi connectivity index (χ4n) is 9.41. The highest BCUT2D eigenvalue weighted by molar-refractivity contribution is 7.84. The predicted octanol–water partition coefficient (Wildman–Crippen LogP) is 21.4. The molecule has 0 heterocycles. The van der Waals surface area contributed by atoms with Crippen LogP contribution in [0.3, 0.4) is 0 Å². The maximum absolute atomic E-state index is 6.84. The molecule has 0 aromatic heterocycles. The van der Waals surface area contributed by atoms with Gasteiger partial charge in [-0.3, -0.25) is 0 Å². The normalized spacial score (nSPS) is 12.5. The van der Waals surface area contributed by atoms with E-state index in [1.807, 2.05) is 0 Å². The predicted molar refractivity (Wildman–Crippen MR) is 298 cm³/mol. The molecule has 0 aromatic rings. The second-order valence-electron chi connectivity index (χ2n) is 20.5. The van der Waals surface area contributed by atoms with Gasteiger partial charge in [0.1, 0.15) is 0 Å². The number of thiol groups is 2. The van der Waals surface area contributed by atoms with Crippen molar-refractivity contribution in [3.8, 4) is 0 Å². The zero-order valence-corrected chi connectivity index (χ0v) is 47.2. The van der Waals surface area contributed by atoms with E-state index in [-0.39, 0.29) is 5.25 Å². The molecule has 3 nitrogen and oxygen atoms in total. The summed E-state index contributed by atoms with van der Waals surface area (Å²) in [6.45, 7) is 9.26. The topological polar surface area (TPSA) is 27.7 Å². The molecule has 64 heavy (non-hydrogen) atoms. The fraction of sp³-hybridized carbons (Fsp3) is 1.00. The molecule has 0 saturated heterocycles. The quantitative estimate of drug-likeness (QED) is 0.0361. The molecule has 0 aliphatic rings. The number of rotatable bonds is 58. The molecular formula is C58H120O3S2Si. The largest absolute Gasteiger partial charge is 0.500 e. The first kappa shape index (κ1) is 64.8. The molecule has 386 valence electrons. The van der Waals surface area contributed by atoms with Crippen molar-refractivity contribution in [2.24, 2.45) is 0 Å². The van der Waals surface area contributed by atoms with E-state index in [0.29, 0.717) is 0 Å². The lowest BCUT2D eigenvalue weighted by Gasteiger charge is -2.31. The van der Waals surface area contributed by atoms with Crippen molar-refractivity contribution in [3.05, 3.63) is 0 Å². The van der Waals surface area contributed by atoms with Gasteiger partial charge in [0.05, 0.1) is 0 Å². The Balaban J connectivity index is 4.57. The van der Waals surface area contributed by atoms with Crippen LogP contribution in [0.25, 0.3) is 0 Å². The highest BCUT2D eigenvalue weighted by Gasteiger charge is 2.41. The molecule has 0 rings (SSSR count). The van der Waals surface area contributed by atoms with E-state index in [9.17, 15) is 0 Å². The van der Waals surface area contributed by atoms with Crippen molar-refractivity contribution in [1.82, 2.24) is 0 Å². The van der Waals surface area contributed by atoms with Crippen LogP contribution in [0.1, 0.15) is 335 Å². The molecule has 6 heteroatoms. The lowest BCUT2D eigenvalue weighted by atomic mass is 10.0. The van der Waals surface area contributed by atoms with Gasteiger partial charge in [0.2, 0.25) is 0 Å². The lowest BCUT2D eigenvalue weighted by molar-refractivity contribution is 0.0548. The minimum atomic E-state index is -2.78. The van der Waals surface area contributed by atoms with Crippen molar-refractivity contribution >= 4 is 34.1 Å². The van der Waals surface area contributed by atoms with Gasteiger partial charge in [0.25, 0.3) is 0 Å². The Labute approximate surface area is 417 Å². The zero-order valence-electron chi connectivity index (χ0n) is 44.4. The van der Waals surface area contributed by atoms with Gasteiger partial charge in [-0.2, -0.15) is 25.3 Å². The monoisotopic (exact) mass is 957 g/mol. The number of hydrogen-bond donors (Lipinski definition) is 2. The van der Waals surface area contributed by atoms with Gasteiger partial charge in [0, 0.05) is 36.9 Å². The molecule has 0 amide bonds. The molecule has 0 fully saturated rings. The molecule has 0 spiro atoms. The first-order chi connectivity index (χ1) is 31.6. The summed E-state index contributed by atoms with van der Waals surface area (Å²) in [5, 5.41) is 0.257. The molecule has 1 unspecified atom stereocenters. The van der Waals surface area contributed by atoms with Gasteiger partial charge in [-0.1, -0.05) is 310 Å². The summed E-state index contributed by atoms with van der Waals surface area (Å²) in [5.41, 5.74) is 0. The van der Waals surface area contributed by atoms with Crippen LogP contribution in [-0.4, -0.2) is 39.6 Å². The Morgan fingerprint density at radius 2 is 0.453 bits per heavy atom. The highest BCUT2D eigenvalue weighted by atomic mass is 32.1. The third-order valence-corrected chi connectivity index (χ3v) is 18.0. The summed E-state index contributed by atoms with van der Waals surface area (Å²) in [7, 11) is -2.78. The molecule has 0 aliphatic heterocycles. The molecule has 0 bridgehead atoms. The summed E-state index contributed by atoms with van der Waals surface area (Å²) >= 11 is 9.42. The standard InChI is InChI=1S/C58H120O3S2Si/c1-4-7-10-13-16-19-22-25-28-31-34-37-40-43-46-49-53-59-64(56-52-58(63)57-62,60-54-50-47-44-41-38-35-32-29-26-23-20-17-14-11-8-5-2)61-55-51-48-45-42-39-36-33-30-27-24-21-18-15-12-9-6-3/h58,62-63H,4-57H2,1-3H3. The molecule has 0 saturated carbocycles. The number of unbranched alkanes of at least 4 members (excludes halogenated alkanes) is 45. The van der Waals surface area contributed by atoms with Gasteiger partial charge in [0.15, 0.2) is 0 Å². The van der Waals surface area contributed by atoms with E-state index in [1.165, 1.54) is 289 Å². The fourth-order valence-corrected chi connectivity index (χ4v) is 12.7. The van der Waals surface area contributed by atoms with Crippen LogP contribution in [0.15, 0.2) is 0 Å². The maximum atomic E-state index is 6.84. The van der Waals surface area contributed by atoms with E-state index < -0.39 is 8.80 Å². The molecular weight excluding hydrogens is 837 g/mol. The van der Waals surface area contributed by atoms with Crippen molar-refractivity contribution in [2.45, 2.75) is 347 Å². The molecule has 0 aromatic carbocycles. The Bertz CT molecular complexity index is 740. The minimum absolute atomic E-state index is 0.257. The van der Waals surface area contributed by atoms with Crippen LogP contribution < -0.4 is 0 Å². The van der Waals surface area contributed by atoms with Crippen LogP contribution in [0.2, 0.25) is 6.04 Å². The summed E-state index contributed by atoms with van der Waals surface area (Å²) in [6, 6.07) is 0.873. The first-order valence-electron chi connectivity index (χ1n) is 29.8. The summed E-state index contributed by atoms with van der Waals surface area (Å²) in [5.74, 6) is 0.783. The van der Waals surface area contributed by atoms with Gasteiger partial charge in [-0.15, -0.1) is 0 Å². The van der Waals surface area contributed by atoms with Crippen LogP contribution in [0.5, 0.6) is 0 Å². The minimum Gasteiger partial charge on any atom is -0.373 e. The van der Waals surface area contributed by atoms with Gasteiger partial charge >= 0.3 is 8.80 Å². The van der Waals surface area contributed by atoms with Crippen LogP contribution >= 0.6 is 25.3 Å². The average molecular weight is 958 g/mol. The number of hydrogen-bond acceptors (Lipinski definition) is 5. The van der Waals surface area contributed by atoms with E-state index in [4.69, 9.17) is 25.9 Å². The zero-order chi connectivity index (χ0) is 46.4. The van der Waals surface area contributed by atoms with E-state index in [1.54, 1.807) is 0 Å². The lowest BCUT2D eigenvalue weighted by Crippen LogP contribution is -2.47. The Morgan fingerprint density at radius 3 is 0.625 bits per heavy atom. The molecule has 0 aliphatic carbocycles. The van der Waals surface area contributed by atoms with E-state index >= 15 is 0 Å². The highest BCUT2D eigenvalue weighted by Crippen LogP contribution is 2.25. The van der Waals surface area contributed by atoms with Crippen LogP contribution in [-0.2, 0) is 13.3 Å². The van der Waals surface area contributed by atoms with Gasteiger partial charge in [-0.05, 0) is 25.7 Å². The van der Waals surface area contributed by atoms with Gasteiger partial charge in [-0.25, -0.2) is 0 Å². The third-order valence-electron chi connectivity index (χ3n) is 14.0. The summed E-state index contributed by atoms with van der Waals surface area (Å²) < 4.78 is 20.5. The Morgan fingerprint density at radius 1 is 0.281 bits per heavy atom. The average Bonchev–Trinajstić information content (AvgIpc) is 3.31. The first-order valence-corrected chi connectivity index (χ1v) is 32.9. The second kappa shape index (κ2) is 56.4. The van der Waals surface area contributed by atoms with Crippen molar-refractivity contribution in [1.29, 1.82) is 0 Å². The molecule has 1 atom stereocenters. The van der Waals surface area contributed by atoms with Crippen LogP contribution in [0, 0.1) is 0 Å². The van der Waals surface area contributed by atoms with Gasteiger partial charge < -0.3 is 13.3 Å². The third kappa shape index (κ3) is 50.7. The summed E-state index contributed by atoms with van der Waals surface area (Å²) in [4.78, 5) is 0. The molecule has 0 N–H and O–H groups in total. The van der Waals surface area contributed by atoms with Crippen molar-refractivity contribution in [3.63, 3.8) is 0 Å². The van der Waals surface area contributed by atoms with Crippen molar-refractivity contribution in [2.75, 3.05) is 25.6 Å². The SMILES string of the molecule is CCCCCCCCCCCCCCCCCCO[Si](CCC(S)CS)(OCCCCCCCCCCCCCCCCCC)OCCCCCCCCCCCCCCCCCC. The molecule has 0 radical (unpaired) electrons.